The third-order valence-corrected chi connectivity index (χ3v) is 7.34. The van der Waals surface area contributed by atoms with Gasteiger partial charge in [0.15, 0.2) is 6.10 Å². The van der Waals surface area contributed by atoms with Gasteiger partial charge in [-0.2, -0.15) is 4.31 Å². The molecule has 1 aliphatic heterocycles. The van der Waals surface area contributed by atoms with E-state index in [0.29, 0.717) is 5.69 Å². The maximum absolute atomic E-state index is 14.4. The van der Waals surface area contributed by atoms with E-state index in [-0.39, 0.29) is 31.9 Å². The molecule has 4 rings (SSSR count). The molecular weight excluding hydrogens is 463 g/mol. The van der Waals surface area contributed by atoms with Gasteiger partial charge in [-0.15, -0.1) is 0 Å². The van der Waals surface area contributed by atoms with Crippen LogP contribution >= 0.6 is 0 Å². The van der Waals surface area contributed by atoms with Crippen LogP contribution in [0.1, 0.15) is 17.3 Å². The fraction of sp³-hybridized carbons (Fsp3) is 0.250. The van der Waals surface area contributed by atoms with Crippen LogP contribution < -0.4 is 5.32 Å². The Morgan fingerprint density at radius 3 is 2.47 bits per heavy atom. The van der Waals surface area contributed by atoms with E-state index in [2.05, 4.69) is 5.32 Å². The molecular formula is C24H23FN2O6S. The van der Waals surface area contributed by atoms with Crippen LogP contribution in [0.15, 0.2) is 65.6 Å². The molecule has 1 atom stereocenters. The zero-order valence-electron chi connectivity index (χ0n) is 18.4. The Labute approximate surface area is 196 Å². The van der Waals surface area contributed by atoms with Crippen molar-refractivity contribution >= 4 is 38.4 Å². The Morgan fingerprint density at radius 2 is 1.74 bits per heavy atom. The topological polar surface area (TPSA) is 102 Å². The number of fused-ring (bicyclic) bond motifs is 1. The number of nitrogens with zero attached hydrogens (tertiary/aromatic N) is 1. The first kappa shape index (κ1) is 23.8. The van der Waals surface area contributed by atoms with E-state index in [4.69, 9.17) is 9.47 Å². The second kappa shape index (κ2) is 9.88. The number of halogens is 1. The lowest BCUT2D eigenvalue weighted by atomic mass is 10.1. The molecule has 0 spiro atoms. The molecule has 34 heavy (non-hydrogen) atoms. The molecule has 1 heterocycles. The number of ether oxygens (including phenoxy) is 2. The van der Waals surface area contributed by atoms with Gasteiger partial charge in [0.1, 0.15) is 10.7 Å². The van der Waals surface area contributed by atoms with Crippen LogP contribution in [0.2, 0.25) is 0 Å². The minimum absolute atomic E-state index is 0.0857. The van der Waals surface area contributed by atoms with Crippen molar-refractivity contribution in [3.8, 4) is 0 Å². The van der Waals surface area contributed by atoms with Gasteiger partial charge in [0.05, 0.1) is 18.8 Å². The van der Waals surface area contributed by atoms with Crippen LogP contribution in [0.3, 0.4) is 0 Å². The zero-order valence-corrected chi connectivity index (χ0v) is 19.2. The Hall–Kier alpha value is -3.34. The lowest BCUT2D eigenvalue weighted by Crippen LogP contribution is -2.41. The van der Waals surface area contributed by atoms with Gasteiger partial charge in [-0.05, 0) is 48.0 Å². The van der Waals surface area contributed by atoms with Gasteiger partial charge in [0, 0.05) is 18.8 Å². The number of sulfonamides is 1. The van der Waals surface area contributed by atoms with Gasteiger partial charge < -0.3 is 14.8 Å². The van der Waals surface area contributed by atoms with Crippen molar-refractivity contribution in [3.63, 3.8) is 0 Å². The van der Waals surface area contributed by atoms with Gasteiger partial charge in [0.2, 0.25) is 10.0 Å². The number of nitrogens with one attached hydrogen (secondary N) is 1. The molecule has 3 aromatic carbocycles. The second-order valence-electron chi connectivity index (χ2n) is 7.76. The first-order chi connectivity index (χ1) is 16.3. The van der Waals surface area contributed by atoms with Crippen LogP contribution in [0.25, 0.3) is 10.8 Å². The molecule has 178 valence electrons. The maximum Gasteiger partial charge on any atom is 0.338 e. The summed E-state index contributed by atoms with van der Waals surface area (Å²) in [5, 5.41) is 4.64. The van der Waals surface area contributed by atoms with E-state index >= 15 is 0 Å². The SMILES string of the molecule is CC(OC(=O)c1ccc(F)c(S(=O)(=O)N2CCOCC2)c1)C(=O)Nc1ccc2ccccc2c1. The van der Waals surface area contributed by atoms with Crippen molar-refractivity contribution in [3.05, 3.63) is 72.0 Å². The molecule has 1 fully saturated rings. The van der Waals surface area contributed by atoms with Crippen LogP contribution in [-0.2, 0) is 24.3 Å². The number of hydrogen-bond acceptors (Lipinski definition) is 6. The Morgan fingerprint density at radius 1 is 1.03 bits per heavy atom. The number of hydrogen-bond donors (Lipinski definition) is 1. The van der Waals surface area contributed by atoms with E-state index < -0.39 is 38.7 Å². The monoisotopic (exact) mass is 486 g/mol. The molecule has 3 aromatic rings. The fourth-order valence-electron chi connectivity index (χ4n) is 3.55. The highest BCUT2D eigenvalue weighted by Gasteiger charge is 2.30. The summed E-state index contributed by atoms with van der Waals surface area (Å²) >= 11 is 0. The fourth-order valence-corrected chi connectivity index (χ4v) is 5.05. The second-order valence-corrected chi connectivity index (χ2v) is 9.67. The van der Waals surface area contributed by atoms with Crippen molar-refractivity contribution in [1.29, 1.82) is 0 Å². The first-order valence-corrected chi connectivity index (χ1v) is 12.1. The van der Waals surface area contributed by atoms with E-state index in [0.717, 1.165) is 33.3 Å². The third kappa shape index (κ3) is 5.09. The standard InChI is InChI=1S/C24H23FN2O6S/c1-16(23(28)26-20-8-6-17-4-2-3-5-18(17)14-20)33-24(29)19-7-9-21(25)22(15-19)34(30,31)27-10-12-32-13-11-27/h2-9,14-16H,10-13H2,1H3,(H,26,28). The van der Waals surface area contributed by atoms with Gasteiger partial charge in [-0.25, -0.2) is 17.6 Å². The first-order valence-electron chi connectivity index (χ1n) is 10.6. The third-order valence-electron chi connectivity index (χ3n) is 5.42. The molecule has 10 heteroatoms. The van der Waals surface area contributed by atoms with Crippen molar-refractivity contribution in [1.82, 2.24) is 4.31 Å². The predicted octanol–water partition coefficient (Wildman–Crippen LogP) is 3.18. The summed E-state index contributed by atoms with van der Waals surface area (Å²) in [5.41, 5.74) is 0.353. The van der Waals surface area contributed by atoms with Crippen LogP contribution in [0.5, 0.6) is 0 Å². The van der Waals surface area contributed by atoms with E-state index in [1.807, 2.05) is 30.3 Å². The number of carbonyl (C=O) groups is 2. The zero-order chi connectivity index (χ0) is 24.3. The number of morpholine rings is 1. The summed E-state index contributed by atoms with van der Waals surface area (Å²) in [5.74, 6) is -2.49. The Kier molecular flexibility index (Phi) is 6.92. The maximum atomic E-state index is 14.4. The van der Waals surface area contributed by atoms with E-state index in [9.17, 15) is 22.4 Å². The minimum Gasteiger partial charge on any atom is -0.449 e. The number of carbonyl (C=O) groups excluding carboxylic acids is 2. The average molecular weight is 487 g/mol. The van der Waals surface area contributed by atoms with Crippen molar-refractivity contribution in [2.24, 2.45) is 0 Å². The Balaban J connectivity index is 1.46. The summed E-state index contributed by atoms with van der Waals surface area (Å²) in [6.07, 6.45) is -1.18. The average Bonchev–Trinajstić information content (AvgIpc) is 2.84. The van der Waals surface area contributed by atoms with Crippen molar-refractivity contribution < 1.29 is 31.9 Å². The summed E-state index contributed by atoms with van der Waals surface area (Å²) in [6, 6.07) is 16.0. The summed E-state index contributed by atoms with van der Waals surface area (Å²) in [4.78, 5) is 24.5. The van der Waals surface area contributed by atoms with Crippen LogP contribution in [0.4, 0.5) is 10.1 Å². The molecule has 8 nitrogen and oxygen atoms in total. The molecule has 0 bridgehead atoms. The minimum atomic E-state index is -4.16. The smallest absolute Gasteiger partial charge is 0.338 e. The van der Waals surface area contributed by atoms with Gasteiger partial charge >= 0.3 is 5.97 Å². The van der Waals surface area contributed by atoms with Crippen LogP contribution in [-0.4, -0.2) is 57.0 Å². The summed E-state index contributed by atoms with van der Waals surface area (Å²) in [6.45, 7) is 1.97. The summed E-state index contributed by atoms with van der Waals surface area (Å²) < 4.78 is 51.5. The number of anilines is 1. The highest BCUT2D eigenvalue weighted by atomic mass is 32.2. The molecule has 1 aliphatic rings. The number of esters is 1. The van der Waals surface area contributed by atoms with E-state index in [1.165, 1.54) is 6.92 Å². The predicted molar refractivity (Wildman–Crippen MR) is 123 cm³/mol. The molecule has 0 aromatic heterocycles. The van der Waals surface area contributed by atoms with E-state index in [1.54, 1.807) is 12.1 Å². The number of rotatable bonds is 6. The van der Waals surface area contributed by atoms with Crippen molar-refractivity contribution in [2.45, 2.75) is 17.9 Å². The summed E-state index contributed by atoms with van der Waals surface area (Å²) in [7, 11) is -4.16. The van der Waals surface area contributed by atoms with Crippen molar-refractivity contribution in [2.75, 3.05) is 31.6 Å². The number of benzene rings is 3. The molecule has 0 radical (unpaired) electrons. The number of amides is 1. The van der Waals surface area contributed by atoms with Crippen LogP contribution in [0, 0.1) is 5.82 Å². The molecule has 1 N–H and O–H groups in total. The molecule has 1 unspecified atom stereocenters. The molecule has 1 amide bonds. The molecule has 1 saturated heterocycles. The highest BCUT2D eigenvalue weighted by molar-refractivity contribution is 7.89. The normalized spacial score (nSPS) is 15.6. The molecule has 0 aliphatic carbocycles. The van der Waals surface area contributed by atoms with Gasteiger partial charge in [-0.1, -0.05) is 30.3 Å². The molecule has 0 saturated carbocycles. The quantitative estimate of drug-likeness (QED) is 0.537. The Bertz CT molecular complexity index is 1340. The lowest BCUT2D eigenvalue weighted by Gasteiger charge is -2.26. The largest absolute Gasteiger partial charge is 0.449 e. The highest BCUT2D eigenvalue weighted by Crippen LogP contribution is 2.23. The van der Waals surface area contributed by atoms with Gasteiger partial charge in [-0.3, -0.25) is 4.79 Å². The van der Waals surface area contributed by atoms with Gasteiger partial charge in [0.25, 0.3) is 5.91 Å². The lowest BCUT2D eigenvalue weighted by molar-refractivity contribution is -0.123.